The van der Waals surface area contributed by atoms with Crippen molar-refractivity contribution in [3.8, 4) is 0 Å². The van der Waals surface area contributed by atoms with E-state index in [1.807, 2.05) is 38.2 Å². The number of aromatic nitrogens is 6. The number of halogens is 1. The van der Waals surface area contributed by atoms with Gasteiger partial charge in [0, 0.05) is 24.6 Å². The number of imidazole rings is 2. The standard InChI is InChI=1S/C17H18N6O2.ClH/c1-3-8-21-15(24)13-14(20-16-19-11(2)9-22(13)16)23(17(21)25)10-12-6-4-5-7-18-12;/h4-7,9H,3,8,10H2,1-2H3,(H,19,20);1H. The first-order valence-electron chi connectivity index (χ1n) is 8.21. The van der Waals surface area contributed by atoms with Crippen LogP contribution >= 0.6 is 12.4 Å². The van der Waals surface area contributed by atoms with Crippen LogP contribution in [0.25, 0.3) is 16.9 Å². The second-order valence-corrected chi connectivity index (χ2v) is 6.06. The average molecular weight is 375 g/mol. The summed E-state index contributed by atoms with van der Waals surface area (Å²) in [5.74, 6) is 0.549. The fraction of sp³-hybridized carbons (Fsp3) is 0.294. The van der Waals surface area contributed by atoms with E-state index in [0.29, 0.717) is 29.9 Å². The number of rotatable bonds is 4. The van der Waals surface area contributed by atoms with E-state index in [1.54, 1.807) is 10.6 Å². The van der Waals surface area contributed by atoms with Crippen molar-refractivity contribution in [1.82, 2.24) is 28.5 Å². The zero-order valence-corrected chi connectivity index (χ0v) is 15.3. The van der Waals surface area contributed by atoms with E-state index in [2.05, 4.69) is 15.0 Å². The lowest BCUT2D eigenvalue weighted by molar-refractivity contribution is 0.576. The molecule has 0 saturated carbocycles. The van der Waals surface area contributed by atoms with Crippen LogP contribution in [0.4, 0.5) is 0 Å². The van der Waals surface area contributed by atoms with Gasteiger partial charge in [0.1, 0.15) is 0 Å². The Morgan fingerprint density at radius 1 is 1.19 bits per heavy atom. The Morgan fingerprint density at radius 3 is 2.69 bits per heavy atom. The Kier molecular flexibility index (Phi) is 4.69. The highest BCUT2D eigenvalue weighted by Gasteiger charge is 2.19. The first kappa shape index (κ1) is 17.9. The third-order valence-corrected chi connectivity index (χ3v) is 4.18. The van der Waals surface area contributed by atoms with Crippen LogP contribution in [0, 0.1) is 6.92 Å². The third kappa shape index (κ3) is 2.72. The van der Waals surface area contributed by atoms with Gasteiger partial charge in [-0.25, -0.2) is 4.79 Å². The molecule has 4 rings (SSSR count). The van der Waals surface area contributed by atoms with E-state index in [0.717, 1.165) is 11.4 Å². The quantitative estimate of drug-likeness (QED) is 0.589. The molecule has 0 amide bonds. The van der Waals surface area contributed by atoms with Crippen molar-refractivity contribution in [3.63, 3.8) is 0 Å². The molecule has 4 heterocycles. The van der Waals surface area contributed by atoms with Crippen molar-refractivity contribution in [2.75, 3.05) is 0 Å². The predicted molar refractivity (Wildman–Crippen MR) is 101 cm³/mol. The van der Waals surface area contributed by atoms with E-state index in [4.69, 9.17) is 0 Å². The van der Waals surface area contributed by atoms with E-state index in [-0.39, 0.29) is 30.2 Å². The largest absolute Gasteiger partial charge is 0.333 e. The zero-order valence-electron chi connectivity index (χ0n) is 14.5. The summed E-state index contributed by atoms with van der Waals surface area (Å²) < 4.78 is 4.51. The molecule has 1 N–H and O–H groups in total. The number of aromatic amines is 1. The van der Waals surface area contributed by atoms with Crippen LogP contribution in [-0.2, 0) is 13.1 Å². The zero-order chi connectivity index (χ0) is 17.6. The van der Waals surface area contributed by atoms with Gasteiger partial charge in [-0.15, -0.1) is 12.4 Å². The molecule has 0 unspecified atom stereocenters. The van der Waals surface area contributed by atoms with Gasteiger partial charge in [-0.05, 0) is 25.5 Å². The van der Waals surface area contributed by atoms with Crippen LogP contribution in [0.3, 0.4) is 0 Å². The Hall–Kier alpha value is -2.87. The second kappa shape index (κ2) is 6.80. The predicted octanol–water partition coefficient (Wildman–Crippen LogP) is 1.72. The highest BCUT2D eigenvalue weighted by molar-refractivity contribution is 5.85. The maximum Gasteiger partial charge on any atom is 0.333 e. The highest BCUT2D eigenvalue weighted by Crippen LogP contribution is 2.13. The summed E-state index contributed by atoms with van der Waals surface area (Å²) in [6.07, 6.45) is 4.19. The van der Waals surface area contributed by atoms with Gasteiger partial charge in [-0.3, -0.25) is 23.3 Å². The first-order valence-corrected chi connectivity index (χ1v) is 8.21. The van der Waals surface area contributed by atoms with Gasteiger partial charge in [0.05, 0.1) is 12.2 Å². The van der Waals surface area contributed by atoms with Crippen LogP contribution < -0.4 is 11.2 Å². The minimum atomic E-state index is -0.359. The minimum Gasteiger partial charge on any atom is -0.328 e. The summed E-state index contributed by atoms with van der Waals surface area (Å²) in [6, 6.07) is 5.54. The summed E-state index contributed by atoms with van der Waals surface area (Å²) >= 11 is 0. The van der Waals surface area contributed by atoms with Crippen molar-refractivity contribution in [2.24, 2.45) is 0 Å². The van der Waals surface area contributed by atoms with Gasteiger partial charge in [0.15, 0.2) is 11.2 Å². The number of pyridine rings is 1. The number of aryl methyl sites for hydroxylation is 1. The van der Waals surface area contributed by atoms with Crippen LogP contribution in [-0.4, -0.2) is 28.5 Å². The molecule has 0 aliphatic rings. The van der Waals surface area contributed by atoms with Gasteiger partial charge in [-0.1, -0.05) is 13.0 Å². The molecule has 4 aromatic heterocycles. The number of hydrogen-bond acceptors (Lipinski definition) is 4. The summed E-state index contributed by atoms with van der Waals surface area (Å²) in [5.41, 5.74) is 1.74. The number of nitrogens with zero attached hydrogens (tertiary/aromatic N) is 5. The SMILES string of the molecule is CCCn1c(=O)c2c(nc3[nH]c(C)cn32)n(Cc2ccccn2)c1=O.Cl. The van der Waals surface area contributed by atoms with Gasteiger partial charge in [-0.2, -0.15) is 4.98 Å². The summed E-state index contributed by atoms with van der Waals surface area (Å²) in [4.78, 5) is 37.7. The molecule has 0 bridgehead atoms. The topological polar surface area (TPSA) is 90.0 Å². The normalized spacial score (nSPS) is 11.2. The molecule has 136 valence electrons. The number of hydrogen-bond donors (Lipinski definition) is 1. The van der Waals surface area contributed by atoms with Crippen molar-refractivity contribution in [3.05, 3.63) is 62.8 Å². The Bertz CT molecular complexity index is 1190. The molecule has 9 heteroatoms. The maximum atomic E-state index is 12.9. The molecule has 0 radical (unpaired) electrons. The fourth-order valence-electron chi connectivity index (χ4n) is 3.09. The Labute approximate surface area is 154 Å². The van der Waals surface area contributed by atoms with Gasteiger partial charge in [0.25, 0.3) is 5.56 Å². The Balaban J connectivity index is 0.00000196. The molecule has 4 aromatic rings. The molecule has 0 fully saturated rings. The lowest BCUT2D eigenvalue weighted by Crippen LogP contribution is -2.40. The van der Waals surface area contributed by atoms with Crippen LogP contribution in [0.5, 0.6) is 0 Å². The fourth-order valence-corrected chi connectivity index (χ4v) is 3.09. The second-order valence-electron chi connectivity index (χ2n) is 6.06. The molecule has 0 atom stereocenters. The van der Waals surface area contributed by atoms with Crippen molar-refractivity contribution >= 4 is 29.3 Å². The summed E-state index contributed by atoms with van der Waals surface area (Å²) in [5, 5.41) is 0. The number of H-pyrrole nitrogens is 1. The van der Waals surface area contributed by atoms with Gasteiger partial charge >= 0.3 is 5.69 Å². The van der Waals surface area contributed by atoms with Crippen LogP contribution in [0.2, 0.25) is 0 Å². The average Bonchev–Trinajstić information content (AvgIpc) is 3.12. The first-order chi connectivity index (χ1) is 12.1. The van der Waals surface area contributed by atoms with Crippen molar-refractivity contribution in [2.45, 2.75) is 33.4 Å². The molecule has 0 aliphatic heterocycles. The van der Waals surface area contributed by atoms with Gasteiger partial charge in [0.2, 0.25) is 5.78 Å². The summed E-state index contributed by atoms with van der Waals surface area (Å²) in [7, 11) is 0. The number of nitrogens with one attached hydrogen (secondary N) is 1. The number of fused-ring (bicyclic) bond motifs is 3. The van der Waals surface area contributed by atoms with Crippen LogP contribution in [0.15, 0.2) is 40.2 Å². The monoisotopic (exact) mass is 374 g/mol. The molecule has 0 spiro atoms. The molecule has 0 aromatic carbocycles. The lowest BCUT2D eigenvalue weighted by Gasteiger charge is -2.10. The van der Waals surface area contributed by atoms with E-state index in [9.17, 15) is 9.59 Å². The smallest absolute Gasteiger partial charge is 0.328 e. The molecular weight excluding hydrogens is 356 g/mol. The Morgan fingerprint density at radius 2 is 2.00 bits per heavy atom. The summed E-state index contributed by atoms with van der Waals surface area (Å²) in [6.45, 7) is 4.46. The third-order valence-electron chi connectivity index (χ3n) is 4.18. The van der Waals surface area contributed by atoms with E-state index in [1.165, 1.54) is 9.13 Å². The molecule has 0 aliphatic carbocycles. The lowest BCUT2D eigenvalue weighted by atomic mass is 10.3. The molecule has 26 heavy (non-hydrogen) atoms. The van der Waals surface area contributed by atoms with Gasteiger partial charge < -0.3 is 4.98 Å². The van der Waals surface area contributed by atoms with Crippen molar-refractivity contribution < 1.29 is 0 Å². The minimum absolute atomic E-state index is 0. The molecule has 8 nitrogen and oxygen atoms in total. The van der Waals surface area contributed by atoms with E-state index >= 15 is 0 Å². The van der Waals surface area contributed by atoms with Crippen LogP contribution in [0.1, 0.15) is 24.7 Å². The maximum absolute atomic E-state index is 12.9. The van der Waals surface area contributed by atoms with Crippen molar-refractivity contribution in [1.29, 1.82) is 0 Å². The molecule has 0 saturated heterocycles. The highest BCUT2D eigenvalue weighted by atomic mass is 35.5. The molecular formula is C17H19ClN6O2. The van der Waals surface area contributed by atoms with E-state index < -0.39 is 0 Å².